The van der Waals surface area contributed by atoms with Crippen molar-refractivity contribution in [1.29, 1.82) is 0 Å². The smallest absolute Gasteiger partial charge is 0.155 e. The van der Waals surface area contributed by atoms with Gasteiger partial charge in [-0.05, 0) is 37.1 Å². The Kier molecular flexibility index (Phi) is 3.56. The average Bonchev–Trinajstić information content (AvgIpc) is 2.70. The van der Waals surface area contributed by atoms with Gasteiger partial charge in [0.1, 0.15) is 0 Å². The summed E-state index contributed by atoms with van der Waals surface area (Å²) in [4.78, 5) is 3.87. The number of aromatic nitrogens is 1. The fourth-order valence-electron chi connectivity index (χ4n) is 2.00. The van der Waals surface area contributed by atoms with Crippen LogP contribution in [0.5, 0.6) is 0 Å². The van der Waals surface area contributed by atoms with E-state index in [0.29, 0.717) is 0 Å². The maximum absolute atomic E-state index is 11.9. The van der Waals surface area contributed by atoms with Crippen LogP contribution >= 0.6 is 0 Å². The molecule has 1 atom stereocenters. The first kappa shape index (κ1) is 11.5. The maximum Gasteiger partial charge on any atom is 0.155 e. The third kappa shape index (κ3) is 3.28. The normalized spacial score (nSPS) is 21.1. The molecule has 2 rings (SSSR count). The highest BCUT2D eigenvalue weighted by molar-refractivity contribution is 7.90. The largest absolute Gasteiger partial charge is 0.313 e. The first-order valence-electron chi connectivity index (χ1n) is 5.48. The van der Waals surface area contributed by atoms with Crippen LogP contribution in [0.2, 0.25) is 0 Å². The average molecular weight is 240 g/mol. The first-order chi connectivity index (χ1) is 7.66. The van der Waals surface area contributed by atoms with E-state index in [1.165, 1.54) is 0 Å². The van der Waals surface area contributed by atoms with E-state index in [1.807, 2.05) is 0 Å². The molecule has 4 nitrogen and oxygen atoms in total. The molecule has 1 N–H and O–H groups in total. The fraction of sp³-hybridized carbons (Fsp3) is 0.545. The van der Waals surface area contributed by atoms with Crippen molar-refractivity contribution in [3.05, 3.63) is 30.1 Å². The molecule has 1 aliphatic rings. The van der Waals surface area contributed by atoms with Crippen LogP contribution in [0.25, 0.3) is 0 Å². The van der Waals surface area contributed by atoms with Crippen molar-refractivity contribution in [3.63, 3.8) is 0 Å². The van der Waals surface area contributed by atoms with E-state index < -0.39 is 9.84 Å². The molecule has 0 bridgehead atoms. The van der Waals surface area contributed by atoms with Gasteiger partial charge in [-0.15, -0.1) is 0 Å². The van der Waals surface area contributed by atoms with Crippen molar-refractivity contribution in [2.24, 2.45) is 0 Å². The predicted octanol–water partition coefficient (Wildman–Crippen LogP) is 0.748. The number of nitrogens with one attached hydrogen (secondary N) is 1. The van der Waals surface area contributed by atoms with Crippen LogP contribution in [-0.2, 0) is 15.6 Å². The third-order valence-electron chi connectivity index (χ3n) is 2.75. The molecule has 1 aliphatic heterocycles. The van der Waals surface area contributed by atoms with E-state index >= 15 is 0 Å². The van der Waals surface area contributed by atoms with E-state index in [0.717, 1.165) is 24.9 Å². The highest BCUT2D eigenvalue weighted by Gasteiger charge is 2.22. The van der Waals surface area contributed by atoms with Crippen molar-refractivity contribution in [1.82, 2.24) is 10.3 Å². The van der Waals surface area contributed by atoms with Gasteiger partial charge < -0.3 is 5.32 Å². The molecule has 16 heavy (non-hydrogen) atoms. The van der Waals surface area contributed by atoms with Crippen molar-refractivity contribution in [2.45, 2.75) is 24.6 Å². The van der Waals surface area contributed by atoms with Gasteiger partial charge in [-0.25, -0.2) is 8.42 Å². The second kappa shape index (κ2) is 4.93. The number of hydrogen-bond donors (Lipinski definition) is 1. The summed E-state index contributed by atoms with van der Waals surface area (Å²) in [5, 5.41) is 3.21. The Bertz CT molecular complexity index is 425. The molecular weight excluding hydrogens is 224 g/mol. The van der Waals surface area contributed by atoms with Crippen LogP contribution in [0.15, 0.2) is 24.5 Å². The number of hydrogen-bond acceptors (Lipinski definition) is 4. The van der Waals surface area contributed by atoms with E-state index in [-0.39, 0.29) is 17.5 Å². The molecule has 0 spiro atoms. The van der Waals surface area contributed by atoms with Crippen molar-refractivity contribution < 1.29 is 8.42 Å². The molecule has 5 heteroatoms. The lowest BCUT2D eigenvalue weighted by atomic mass is 10.3. The van der Waals surface area contributed by atoms with Gasteiger partial charge in [0, 0.05) is 18.4 Å². The summed E-state index contributed by atoms with van der Waals surface area (Å²) in [6, 6.07) is 3.64. The number of nitrogens with zero attached hydrogens (tertiary/aromatic N) is 1. The van der Waals surface area contributed by atoms with Crippen LogP contribution in [0.1, 0.15) is 18.4 Å². The highest BCUT2D eigenvalue weighted by atomic mass is 32.2. The predicted molar refractivity (Wildman–Crippen MR) is 62.8 cm³/mol. The van der Waals surface area contributed by atoms with Crippen molar-refractivity contribution >= 4 is 9.84 Å². The third-order valence-corrected chi connectivity index (χ3v) is 4.44. The van der Waals surface area contributed by atoms with E-state index in [9.17, 15) is 8.42 Å². The minimum atomic E-state index is -3.01. The van der Waals surface area contributed by atoms with Gasteiger partial charge in [-0.3, -0.25) is 4.98 Å². The first-order valence-corrected chi connectivity index (χ1v) is 7.30. The Morgan fingerprint density at radius 2 is 2.12 bits per heavy atom. The molecule has 2 heterocycles. The van der Waals surface area contributed by atoms with Gasteiger partial charge in [-0.1, -0.05) is 0 Å². The summed E-state index contributed by atoms with van der Waals surface area (Å²) in [6.45, 7) is 0.940. The van der Waals surface area contributed by atoms with Gasteiger partial charge in [-0.2, -0.15) is 0 Å². The molecule has 1 unspecified atom stereocenters. The quantitative estimate of drug-likeness (QED) is 0.843. The monoisotopic (exact) mass is 240 g/mol. The van der Waals surface area contributed by atoms with Crippen molar-refractivity contribution in [2.75, 3.05) is 12.3 Å². The summed E-state index contributed by atoms with van der Waals surface area (Å²) in [5.74, 6) is 0.364. The zero-order valence-corrected chi connectivity index (χ0v) is 9.91. The van der Waals surface area contributed by atoms with E-state index in [1.54, 1.807) is 24.5 Å². The van der Waals surface area contributed by atoms with Crippen LogP contribution in [-0.4, -0.2) is 31.7 Å². The topological polar surface area (TPSA) is 59.1 Å². The maximum atomic E-state index is 11.9. The van der Waals surface area contributed by atoms with E-state index in [2.05, 4.69) is 10.3 Å². The van der Waals surface area contributed by atoms with Gasteiger partial charge >= 0.3 is 0 Å². The molecule has 1 saturated heterocycles. The molecule has 0 amide bonds. The van der Waals surface area contributed by atoms with Gasteiger partial charge in [0.2, 0.25) is 0 Å². The number of pyridine rings is 1. The summed E-state index contributed by atoms with van der Waals surface area (Å²) in [6.07, 6.45) is 5.29. The molecular formula is C11H16N2O2S. The summed E-state index contributed by atoms with van der Waals surface area (Å²) in [5.41, 5.74) is 0.813. The van der Waals surface area contributed by atoms with Gasteiger partial charge in [0.25, 0.3) is 0 Å². The molecule has 1 aromatic rings. The molecule has 0 radical (unpaired) electrons. The van der Waals surface area contributed by atoms with Crippen LogP contribution in [0, 0.1) is 0 Å². The SMILES string of the molecule is O=S(=O)(Cc1ccncc1)CC1CCCN1. The molecule has 0 saturated carbocycles. The van der Waals surface area contributed by atoms with Crippen LogP contribution in [0.3, 0.4) is 0 Å². The highest BCUT2D eigenvalue weighted by Crippen LogP contribution is 2.11. The second-order valence-corrected chi connectivity index (χ2v) is 6.31. The summed E-state index contributed by atoms with van der Waals surface area (Å²) >= 11 is 0. The zero-order chi connectivity index (χ0) is 11.4. The Balaban J connectivity index is 1.97. The minimum Gasteiger partial charge on any atom is -0.313 e. The van der Waals surface area contributed by atoms with Crippen LogP contribution in [0.4, 0.5) is 0 Å². The zero-order valence-electron chi connectivity index (χ0n) is 9.09. The fourth-order valence-corrected chi connectivity index (χ4v) is 3.71. The lowest BCUT2D eigenvalue weighted by molar-refractivity contribution is 0.576. The lowest BCUT2D eigenvalue weighted by Crippen LogP contribution is -2.30. The second-order valence-electron chi connectivity index (χ2n) is 4.20. The van der Waals surface area contributed by atoms with Gasteiger partial charge in [0.15, 0.2) is 9.84 Å². The summed E-state index contributed by atoms with van der Waals surface area (Å²) < 4.78 is 23.8. The number of rotatable bonds is 4. The van der Waals surface area contributed by atoms with E-state index in [4.69, 9.17) is 0 Å². The summed E-state index contributed by atoms with van der Waals surface area (Å²) in [7, 11) is -3.01. The minimum absolute atomic E-state index is 0.119. The Morgan fingerprint density at radius 1 is 1.38 bits per heavy atom. The van der Waals surface area contributed by atoms with Crippen LogP contribution < -0.4 is 5.32 Å². The molecule has 1 aromatic heterocycles. The Hall–Kier alpha value is -0.940. The Labute approximate surface area is 96.0 Å². The number of sulfone groups is 1. The molecule has 1 fully saturated rings. The van der Waals surface area contributed by atoms with Crippen molar-refractivity contribution in [3.8, 4) is 0 Å². The molecule has 88 valence electrons. The molecule has 0 aliphatic carbocycles. The standard InChI is InChI=1S/C11H16N2O2S/c14-16(15,9-11-2-1-5-13-11)8-10-3-6-12-7-4-10/h3-4,6-7,11,13H,1-2,5,8-9H2. The molecule has 0 aromatic carbocycles. The Morgan fingerprint density at radius 3 is 2.75 bits per heavy atom. The van der Waals surface area contributed by atoms with Gasteiger partial charge in [0.05, 0.1) is 11.5 Å². The lowest BCUT2D eigenvalue weighted by Gasteiger charge is -2.10.